The van der Waals surface area contributed by atoms with Crippen LogP contribution in [-0.4, -0.2) is 29.1 Å². The van der Waals surface area contributed by atoms with E-state index < -0.39 is 0 Å². The number of para-hydroxylation sites is 1. The topological polar surface area (TPSA) is 32.0 Å². The second-order valence-electron chi connectivity index (χ2n) is 7.39. The van der Waals surface area contributed by atoms with Crippen LogP contribution in [0.15, 0.2) is 54.7 Å². The van der Waals surface area contributed by atoms with Crippen molar-refractivity contribution in [2.45, 2.75) is 32.2 Å². The van der Waals surface area contributed by atoms with Crippen LogP contribution in [0.5, 0.6) is 0 Å². The maximum absolute atomic E-state index is 9.44. The van der Waals surface area contributed by atoms with Gasteiger partial charge < -0.3 is 9.47 Å². The summed E-state index contributed by atoms with van der Waals surface area (Å²) < 4.78 is 2.34. The van der Waals surface area contributed by atoms with Crippen LogP contribution in [0.1, 0.15) is 35.6 Å². The van der Waals surface area contributed by atoms with E-state index in [2.05, 4.69) is 65.1 Å². The highest BCUT2D eigenvalue weighted by atomic mass is 15.1. The van der Waals surface area contributed by atoms with Crippen molar-refractivity contribution < 1.29 is 0 Å². The van der Waals surface area contributed by atoms with Gasteiger partial charge in [-0.3, -0.25) is 0 Å². The average Bonchev–Trinajstić information content (AvgIpc) is 3.11. The smallest absolute Gasteiger partial charge is 0.101 e. The van der Waals surface area contributed by atoms with Gasteiger partial charge in [0.15, 0.2) is 0 Å². The number of rotatable bonds is 4. The fourth-order valence-corrected chi connectivity index (χ4v) is 4.19. The SMILES string of the molecule is Cc1cccc(CCN2CCC(n3ccc4cccc(C#N)c43)CC2)c1. The minimum absolute atomic E-state index is 0.497. The van der Waals surface area contributed by atoms with E-state index in [-0.39, 0.29) is 0 Å². The molecular formula is C23H25N3. The van der Waals surface area contributed by atoms with Crippen molar-refractivity contribution >= 4 is 10.9 Å². The van der Waals surface area contributed by atoms with Crippen molar-refractivity contribution in [3.8, 4) is 6.07 Å². The van der Waals surface area contributed by atoms with Gasteiger partial charge in [0, 0.05) is 37.3 Å². The molecule has 0 spiro atoms. The number of aryl methyl sites for hydroxylation is 1. The van der Waals surface area contributed by atoms with Crippen molar-refractivity contribution in [3.63, 3.8) is 0 Å². The summed E-state index contributed by atoms with van der Waals surface area (Å²) in [5.41, 5.74) is 4.67. The maximum Gasteiger partial charge on any atom is 0.101 e. The first-order chi connectivity index (χ1) is 12.7. The lowest BCUT2D eigenvalue weighted by Crippen LogP contribution is -2.35. The quantitative estimate of drug-likeness (QED) is 0.687. The van der Waals surface area contributed by atoms with Gasteiger partial charge >= 0.3 is 0 Å². The zero-order chi connectivity index (χ0) is 17.9. The summed E-state index contributed by atoms with van der Waals surface area (Å²) in [5.74, 6) is 0. The highest BCUT2D eigenvalue weighted by molar-refractivity contribution is 5.85. The van der Waals surface area contributed by atoms with Gasteiger partial charge in [0.05, 0.1) is 11.1 Å². The van der Waals surface area contributed by atoms with E-state index in [0.717, 1.165) is 50.0 Å². The van der Waals surface area contributed by atoms with Crippen LogP contribution in [-0.2, 0) is 6.42 Å². The Bertz CT molecular complexity index is 939. The van der Waals surface area contributed by atoms with Gasteiger partial charge in [-0.05, 0) is 43.9 Å². The Morgan fingerprint density at radius 1 is 1.08 bits per heavy atom. The number of hydrogen-bond acceptors (Lipinski definition) is 2. The number of nitriles is 1. The number of nitrogens with zero attached hydrogens (tertiary/aromatic N) is 3. The minimum atomic E-state index is 0.497. The standard InChI is InChI=1S/C23H25N3/c1-18-4-2-5-19(16-18)8-12-25-13-10-22(11-14-25)26-15-9-20-6-3-7-21(17-24)23(20)26/h2-7,9,15-16,22H,8,10-14H2,1H3. The molecule has 4 rings (SSSR count). The zero-order valence-corrected chi connectivity index (χ0v) is 15.4. The number of hydrogen-bond donors (Lipinski definition) is 0. The highest BCUT2D eigenvalue weighted by Crippen LogP contribution is 2.29. The van der Waals surface area contributed by atoms with Crippen LogP contribution < -0.4 is 0 Å². The molecule has 3 nitrogen and oxygen atoms in total. The molecule has 3 heteroatoms. The first-order valence-corrected chi connectivity index (χ1v) is 9.52. The molecule has 0 radical (unpaired) electrons. The van der Waals surface area contributed by atoms with Crippen molar-refractivity contribution in [1.29, 1.82) is 5.26 Å². The molecule has 0 aliphatic carbocycles. The van der Waals surface area contributed by atoms with E-state index in [4.69, 9.17) is 0 Å². The third kappa shape index (κ3) is 3.38. The van der Waals surface area contributed by atoms with Crippen LogP contribution in [0.2, 0.25) is 0 Å². The second-order valence-corrected chi connectivity index (χ2v) is 7.39. The predicted octanol–water partition coefficient (Wildman–Crippen LogP) is 4.70. The van der Waals surface area contributed by atoms with Crippen LogP contribution in [0.25, 0.3) is 10.9 Å². The van der Waals surface area contributed by atoms with Gasteiger partial charge in [0.2, 0.25) is 0 Å². The molecule has 0 atom stereocenters. The Hall–Kier alpha value is -2.57. The normalized spacial score (nSPS) is 16.0. The number of benzene rings is 2. The van der Waals surface area contributed by atoms with E-state index in [9.17, 15) is 5.26 Å². The number of likely N-dealkylation sites (tertiary alicyclic amines) is 1. The predicted molar refractivity (Wildman–Crippen MR) is 106 cm³/mol. The third-order valence-electron chi connectivity index (χ3n) is 5.61. The van der Waals surface area contributed by atoms with Crippen molar-refractivity contribution in [3.05, 3.63) is 71.4 Å². The summed E-state index contributed by atoms with van der Waals surface area (Å²) in [6.45, 7) is 5.55. The summed E-state index contributed by atoms with van der Waals surface area (Å²) in [6.07, 6.45) is 5.59. The van der Waals surface area contributed by atoms with Crippen LogP contribution >= 0.6 is 0 Å². The molecule has 26 heavy (non-hydrogen) atoms. The molecule has 0 amide bonds. The van der Waals surface area contributed by atoms with Crippen molar-refractivity contribution in [2.75, 3.05) is 19.6 Å². The van der Waals surface area contributed by atoms with Gasteiger partial charge in [0.25, 0.3) is 0 Å². The van der Waals surface area contributed by atoms with Crippen LogP contribution in [0, 0.1) is 18.3 Å². The molecule has 0 saturated carbocycles. The molecule has 1 saturated heterocycles. The van der Waals surface area contributed by atoms with E-state index in [0.29, 0.717) is 6.04 Å². The lowest BCUT2D eigenvalue weighted by atomic mass is 10.0. The Balaban J connectivity index is 1.40. The largest absolute Gasteiger partial charge is 0.343 e. The summed E-state index contributed by atoms with van der Waals surface area (Å²) in [7, 11) is 0. The van der Waals surface area contributed by atoms with Gasteiger partial charge in [-0.25, -0.2) is 0 Å². The average molecular weight is 343 g/mol. The summed E-state index contributed by atoms with van der Waals surface area (Å²) >= 11 is 0. The van der Waals surface area contributed by atoms with E-state index in [1.54, 1.807) is 0 Å². The molecule has 132 valence electrons. The van der Waals surface area contributed by atoms with Gasteiger partial charge in [-0.2, -0.15) is 5.26 Å². The number of aromatic nitrogens is 1. The minimum Gasteiger partial charge on any atom is -0.343 e. The van der Waals surface area contributed by atoms with Gasteiger partial charge in [0.1, 0.15) is 6.07 Å². The number of piperidine rings is 1. The maximum atomic E-state index is 9.44. The first-order valence-electron chi connectivity index (χ1n) is 9.52. The van der Waals surface area contributed by atoms with Crippen molar-refractivity contribution in [2.24, 2.45) is 0 Å². The van der Waals surface area contributed by atoms with Crippen molar-refractivity contribution in [1.82, 2.24) is 9.47 Å². The van der Waals surface area contributed by atoms with E-state index in [1.165, 1.54) is 16.5 Å². The molecule has 0 unspecified atom stereocenters. The molecule has 1 fully saturated rings. The van der Waals surface area contributed by atoms with E-state index in [1.807, 2.05) is 12.1 Å². The summed E-state index contributed by atoms with van der Waals surface area (Å²) in [5, 5.41) is 10.6. The summed E-state index contributed by atoms with van der Waals surface area (Å²) in [6, 6.07) is 19.8. The Labute approximate surface area is 155 Å². The molecular weight excluding hydrogens is 318 g/mol. The molecule has 1 aliphatic heterocycles. The van der Waals surface area contributed by atoms with Crippen LogP contribution in [0.4, 0.5) is 0 Å². The molecule has 2 heterocycles. The third-order valence-corrected chi connectivity index (χ3v) is 5.61. The highest BCUT2D eigenvalue weighted by Gasteiger charge is 2.22. The molecule has 2 aromatic carbocycles. The molecule has 0 N–H and O–H groups in total. The van der Waals surface area contributed by atoms with Crippen LogP contribution in [0.3, 0.4) is 0 Å². The Kier molecular flexibility index (Phi) is 4.77. The second kappa shape index (κ2) is 7.35. The fraction of sp³-hybridized carbons (Fsp3) is 0.348. The lowest BCUT2D eigenvalue weighted by molar-refractivity contribution is 0.190. The van der Waals surface area contributed by atoms with Gasteiger partial charge in [-0.1, -0.05) is 42.0 Å². The monoisotopic (exact) mass is 343 g/mol. The zero-order valence-electron chi connectivity index (χ0n) is 15.4. The Morgan fingerprint density at radius 3 is 2.65 bits per heavy atom. The molecule has 3 aromatic rings. The fourth-order valence-electron chi connectivity index (χ4n) is 4.19. The molecule has 1 aliphatic rings. The molecule has 1 aromatic heterocycles. The Morgan fingerprint density at radius 2 is 1.88 bits per heavy atom. The number of fused-ring (bicyclic) bond motifs is 1. The molecule has 0 bridgehead atoms. The van der Waals surface area contributed by atoms with Gasteiger partial charge in [-0.15, -0.1) is 0 Å². The lowest BCUT2D eigenvalue weighted by Gasteiger charge is -2.33. The van der Waals surface area contributed by atoms with E-state index >= 15 is 0 Å². The summed E-state index contributed by atoms with van der Waals surface area (Å²) in [4.78, 5) is 2.58. The first kappa shape index (κ1) is 16.9.